The van der Waals surface area contributed by atoms with Gasteiger partial charge in [0.25, 0.3) is 0 Å². The molecule has 0 aromatic heterocycles. The molecule has 0 aliphatic heterocycles. The number of hydrogen-bond acceptors (Lipinski definition) is 5. The summed E-state index contributed by atoms with van der Waals surface area (Å²) in [5.74, 6) is 2.34. The van der Waals surface area contributed by atoms with Crippen LogP contribution in [0, 0.1) is 0 Å². The van der Waals surface area contributed by atoms with E-state index in [1.807, 2.05) is 30.3 Å². The van der Waals surface area contributed by atoms with Crippen LogP contribution >= 0.6 is 0 Å². The number of benzene rings is 2. The number of rotatable bonds is 10. The number of ether oxygens (including phenoxy) is 4. The molecule has 0 aliphatic rings. The van der Waals surface area contributed by atoms with Crippen molar-refractivity contribution in [2.24, 2.45) is 0 Å². The van der Waals surface area contributed by atoms with Gasteiger partial charge >= 0.3 is 0 Å². The highest BCUT2D eigenvalue weighted by Gasteiger charge is 2.14. The van der Waals surface area contributed by atoms with E-state index in [0.717, 1.165) is 17.7 Å². The van der Waals surface area contributed by atoms with Crippen LogP contribution in [0.15, 0.2) is 42.5 Å². The maximum Gasteiger partial charge on any atom is 0.224 e. The molecule has 2 aromatic carbocycles. The Labute approximate surface area is 154 Å². The average Bonchev–Trinajstić information content (AvgIpc) is 2.67. The normalized spacial score (nSPS) is 10.1. The van der Waals surface area contributed by atoms with Crippen molar-refractivity contribution in [3.05, 3.63) is 48.0 Å². The fourth-order valence-electron chi connectivity index (χ4n) is 2.49. The Hall–Kier alpha value is -2.89. The van der Waals surface area contributed by atoms with Gasteiger partial charge in [-0.15, -0.1) is 0 Å². The van der Waals surface area contributed by atoms with Gasteiger partial charge in [0.1, 0.15) is 5.75 Å². The highest BCUT2D eigenvalue weighted by Crippen LogP contribution is 2.38. The highest BCUT2D eigenvalue weighted by molar-refractivity contribution is 5.79. The molecule has 0 bridgehead atoms. The maximum absolute atomic E-state index is 12.1. The number of amides is 1. The van der Waals surface area contributed by atoms with Gasteiger partial charge in [-0.2, -0.15) is 0 Å². The minimum absolute atomic E-state index is 0.0704. The standard InChI is InChI=1S/C20H25NO5/c1-23-17-12-15(13-18(24-2)20(17)25-3)14-19(22)21-10-7-11-26-16-8-5-4-6-9-16/h4-6,8-9,12-13H,7,10-11,14H2,1-3H3,(H,21,22). The van der Waals surface area contributed by atoms with Crippen molar-refractivity contribution in [3.8, 4) is 23.0 Å². The Balaban J connectivity index is 1.80. The third-order valence-electron chi connectivity index (χ3n) is 3.74. The first kappa shape index (κ1) is 19.4. The predicted octanol–water partition coefficient (Wildman–Crippen LogP) is 2.84. The fraction of sp³-hybridized carbons (Fsp3) is 0.350. The van der Waals surface area contributed by atoms with Crippen molar-refractivity contribution in [1.29, 1.82) is 0 Å². The van der Waals surface area contributed by atoms with Crippen LogP contribution in [0.2, 0.25) is 0 Å². The Morgan fingerprint density at radius 3 is 2.19 bits per heavy atom. The fourth-order valence-corrected chi connectivity index (χ4v) is 2.49. The van der Waals surface area contributed by atoms with E-state index in [2.05, 4.69) is 5.32 Å². The van der Waals surface area contributed by atoms with Crippen molar-refractivity contribution in [2.75, 3.05) is 34.5 Å². The number of nitrogens with one attached hydrogen (secondary N) is 1. The second-order valence-corrected chi connectivity index (χ2v) is 5.58. The summed E-state index contributed by atoms with van der Waals surface area (Å²) in [6.45, 7) is 1.10. The molecule has 6 nitrogen and oxygen atoms in total. The number of carbonyl (C=O) groups excluding carboxylic acids is 1. The Kier molecular flexibility index (Phi) is 7.61. The van der Waals surface area contributed by atoms with Gasteiger partial charge in [-0.25, -0.2) is 0 Å². The quantitative estimate of drug-likeness (QED) is 0.661. The van der Waals surface area contributed by atoms with Crippen LogP contribution in [0.5, 0.6) is 23.0 Å². The van der Waals surface area contributed by atoms with Crippen LogP contribution in [0.3, 0.4) is 0 Å². The Morgan fingerprint density at radius 2 is 1.62 bits per heavy atom. The van der Waals surface area contributed by atoms with E-state index < -0.39 is 0 Å². The van der Waals surface area contributed by atoms with Gasteiger partial charge < -0.3 is 24.3 Å². The molecule has 6 heteroatoms. The van der Waals surface area contributed by atoms with E-state index >= 15 is 0 Å². The summed E-state index contributed by atoms with van der Waals surface area (Å²) in [5.41, 5.74) is 0.789. The minimum Gasteiger partial charge on any atom is -0.494 e. The first-order valence-electron chi connectivity index (χ1n) is 8.41. The van der Waals surface area contributed by atoms with Crippen molar-refractivity contribution in [1.82, 2.24) is 5.32 Å². The van der Waals surface area contributed by atoms with E-state index in [0.29, 0.717) is 30.4 Å². The SMILES string of the molecule is COc1cc(CC(=O)NCCCOc2ccccc2)cc(OC)c1OC. The molecule has 0 heterocycles. The minimum atomic E-state index is -0.0704. The lowest BCUT2D eigenvalue weighted by atomic mass is 10.1. The molecule has 2 rings (SSSR count). The van der Waals surface area contributed by atoms with Crippen LogP contribution in [0.1, 0.15) is 12.0 Å². The number of para-hydroxylation sites is 1. The third-order valence-corrected chi connectivity index (χ3v) is 3.74. The molecule has 0 unspecified atom stereocenters. The van der Waals surface area contributed by atoms with Gasteiger partial charge in [-0.05, 0) is 36.2 Å². The van der Waals surface area contributed by atoms with Crippen molar-refractivity contribution >= 4 is 5.91 Å². The van der Waals surface area contributed by atoms with E-state index in [9.17, 15) is 4.79 Å². The van der Waals surface area contributed by atoms with E-state index in [1.165, 1.54) is 0 Å². The molecular formula is C20H25NO5. The van der Waals surface area contributed by atoms with Gasteiger partial charge in [0, 0.05) is 6.54 Å². The lowest BCUT2D eigenvalue weighted by Gasteiger charge is -2.14. The molecule has 0 atom stereocenters. The molecule has 0 fully saturated rings. The van der Waals surface area contributed by atoms with Crippen LogP contribution in [-0.2, 0) is 11.2 Å². The van der Waals surface area contributed by atoms with Gasteiger partial charge in [0.15, 0.2) is 11.5 Å². The monoisotopic (exact) mass is 359 g/mol. The second kappa shape index (κ2) is 10.2. The topological polar surface area (TPSA) is 66.0 Å². The molecule has 1 N–H and O–H groups in total. The molecule has 0 saturated carbocycles. The van der Waals surface area contributed by atoms with Crippen molar-refractivity contribution in [3.63, 3.8) is 0 Å². The molecule has 140 valence electrons. The Bertz CT molecular complexity index is 678. The maximum atomic E-state index is 12.1. The molecule has 2 aromatic rings. The summed E-state index contributed by atoms with van der Waals surface area (Å²) in [4.78, 5) is 12.1. The molecule has 0 radical (unpaired) electrons. The zero-order valence-electron chi connectivity index (χ0n) is 15.4. The smallest absolute Gasteiger partial charge is 0.224 e. The summed E-state index contributed by atoms with van der Waals surface area (Å²) in [6.07, 6.45) is 0.964. The number of hydrogen-bond donors (Lipinski definition) is 1. The average molecular weight is 359 g/mol. The number of carbonyl (C=O) groups is 1. The summed E-state index contributed by atoms with van der Waals surface area (Å²) in [5, 5.41) is 2.89. The van der Waals surface area contributed by atoms with Crippen LogP contribution in [-0.4, -0.2) is 40.4 Å². The van der Waals surface area contributed by atoms with E-state index in [4.69, 9.17) is 18.9 Å². The Morgan fingerprint density at radius 1 is 0.962 bits per heavy atom. The van der Waals surface area contributed by atoms with Gasteiger partial charge in [-0.3, -0.25) is 4.79 Å². The molecule has 0 spiro atoms. The summed E-state index contributed by atoms with van der Waals surface area (Å²) < 4.78 is 21.5. The molecule has 0 saturated heterocycles. The zero-order valence-corrected chi connectivity index (χ0v) is 15.4. The van der Waals surface area contributed by atoms with Crippen molar-refractivity contribution in [2.45, 2.75) is 12.8 Å². The summed E-state index contributed by atoms with van der Waals surface area (Å²) in [6, 6.07) is 13.2. The lowest BCUT2D eigenvalue weighted by Crippen LogP contribution is -2.27. The van der Waals surface area contributed by atoms with Gasteiger partial charge in [0.05, 0.1) is 34.4 Å². The first-order chi connectivity index (χ1) is 12.7. The van der Waals surface area contributed by atoms with Gasteiger partial charge in [0.2, 0.25) is 11.7 Å². The molecule has 1 amide bonds. The highest BCUT2D eigenvalue weighted by atomic mass is 16.5. The van der Waals surface area contributed by atoms with Crippen LogP contribution in [0.4, 0.5) is 0 Å². The van der Waals surface area contributed by atoms with Gasteiger partial charge in [-0.1, -0.05) is 18.2 Å². The van der Waals surface area contributed by atoms with E-state index in [-0.39, 0.29) is 12.3 Å². The summed E-state index contributed by atoms with van der Waals surface area (Å²) >= 11 is 0. The largest absolute Gasteiger partial charge is 0.494 e. The number of methoxy groups -OCH3 is 3. The first-order valence-corrected chi connectivity index (χ1v) is 8.41. The molecule has 0 aliphatic carbocycles. The predicted molar refractivity (Wildman–Crippen MR) is 99.4 cm³/mol. The summed E-state index contributed by atoms with van der Waals surface area (Å²) in [7, 11) is 4.64. The third kappa shape index (κ3) is 5.58. The van der Waals surface area contributed by atoms with Crippen LogP contribution in [0.25, 0.3) is 0 Å². The van der Waals surface area contributed by atoms with Crippen molar-refractivity contribution < 1.29 is 23.7 Å². The second-order valence-electron chi connectivity index (χ2n) is 5.58. The van der Waals surface area contributed by atoms with Crippen LogP contribution < -0.4 is 24.3 Å². The zero-order chi connectivity index (χ0) is 18.8. The van der Waals surface area contributed by atoms with E-state index in [1.54, 1.807) is 33.5 Å². The molecular weight excluding hydrogens is 334 g/mol. The lowest BCUT2D eigenvalue weighted by molar-refractivity contribution is -0.120. The molecule has 26 heavy (non-hydrogen) atoms.